The van der Waals surface area contributed by atoms with Gasteiger partial charge < -0.3 is 5.32 Å². The molecular weight excluding hydrogens is 298 g/mol. The van der Waals surface area contributed by atoms with Crippen LogP contribution in [0, 0.1) is 0 Å². The fraction of sp³-hybridized carbons (Fsp3) is 0. The molecule has 0 bridgehead atoms. The van der Waals surface area contributed by atoms with E-state index >= 15 is 0 Å². The van der Waals surface area contributed by atoms with E-state index in [0.29, 0.717) is 22.6 Å². The minimum absolute atomic E-state index is 0.0203. The quantitative estimate of drug-likeness (QED) is 0.880. The predicted molar refractivity (Wildman–Crippen MR) is 70.0 cm³/mol. The molecule has 5 nitrogen and oxygen atoms in total. The number of anilines is 2. The number of rotatable bonds is 3. The maximum Gasteiger partial charge on any atom is 0.232 e. The van der Waals surface area contributed by atoms with E-state index in [-0.39, 0.29) is 16.5 Å². The van der Waals surface area contributed by atoms with E-state index in [1.54, 1.807) is 18.2 Å². The van der Waals surface area contributed by atoms with Gasteiger partial charge in [-0.1, -0.05) is 11.6 Å². The first-order valence-corrected chi connectivity index (χ1v) is 5.80. The molecule has 0 radical (unpaired) electrons. The van der Waals surface area contributed by atoms with Crippen LogP contribution in [0.1, 0.15) is 10.4 Å². The maximum atomic E-state index is 10.6. The Morgan fingerprint density at radius 2 is 1.72 bits per heavy atom. The fourth-order valence-corrected chi connectivity index (χ4v) is 1.80. The van der Waals surface area contributed by atoms with Gasteiger partial charge in [0.25, 0.3) is 0 Å². The number of hydrogen-bond donors (Lipinski definition) is 1. The highest BCUT2D eigenvalue weighted by molar-refractivity contribution is 6.33. The van der Waals surface area contributed by atoms with Crippen LogP contribution < -0.4 is 5.32 Å². The van der Waals surface area contributed by atoms with Crippen molar-refractivity contribution in [1.82, 2.24) is 15.0 Å². The van der Waals surface area contributed by atoms with Crippen LogP contribution in [0.4, 0.5) is 11.6 Å². The predicted octanol–water partition coefficient (Wildman–Crippen LogP) is 3.39. The third-order valence-corrected chi connectivity index (χ3v) is 2.63. The largest absolute Gasteiger partial charge is 0.324 e. The summed E-state index contributed by atoms with van der Waals surface area (Å²) in [5.41, 5.74) is 0.998. The van der Waals surface area contributed by atoms with Gasteiger partial charge >= 0.3 is 0 Å². The molecule has 0 atom stereocenters. The van der Waals surface area contributed by atoms with Crippen molar-refractivity contribution >= 4 is 52.7 Å². The van der Waals surface area contributed by atoms with Gasteiger partial charge in [-0.25, -0.2) is 0 Å². The molecule has 0 amide bonds. The van der Waals surface area contributed by atoms with Gasteiger partial charge in [0.1, 0.15) is 0 Å². The number of aldehydes is 1. The lowest BCUT2D eigenvalue weighted by Gasteiger charge is -2.06. The average molecular weight is 304 g/mol. The van der Waals surface area contributed by atoms with Crippen LogP contribution in [-0.4, -0.2) is 21.2 Å². The minimum Gasteiger partial charge on any atom is -0.324 e. The van der Waals surface area contributed by atoms with Gasteiger partial charge in [0.2, 0.25) is 16.5 Å². The molecule has 1 aromatic heterocycles. The second-order valence-corrected chi connectivity index (χ2v) is 4.26. The molecule has 92 valence electrons. The Morgan fingerprint density at radius 1 is 1.06 bits per heavy atom. The lowest BCUT2D eigenvalue weighted by atomic mass is 10.2. The van der Waals surface area contributed by atoms with Crippen LogP contribution in [0.2, 0.25) is 15.6 Å². The first-order valence-electron chi connectivity index (χ1n) is 4.67. The van der Waals surface area contributed by atoms with E-state index in [2.05, 4.69) is 20.3 Å². The van der Waals surface area contributed by atoms with Gasteiger partial charge in [-0.2, -0.15) is 15.0 Å². The minimum atomic E-state index is -0.0203. The summed E-state index contributed by atoms with van der Waals surface area (Å²) < 4.78 is 0. The third kappa shape index (κ3) is 3.07. The molecule has 0 unspecified atom stereocenters. The molecule has 1 aromatic carbocycles. The molecule has 0 saturated carbocycles. The molecule has 2 rings (SSSR count). The average Bonchev–Trinajstić information content (AvgIpc) is 2.27. The van der Waals surface area contributed by atoms with Crippen molar-refractivity contribution in [1.29, 1.82) is 0 Å². The zero-order valence-electron chi connectivity index (χ0n) is 8.69. The summed E-state index contributed by atoms with van der Waals surface area (Å²) >= 11 is 17.2. The van der Waals surface area contributed by atoms with Crippen molar-refractivity contribution in [3.8, 4) is 0 Å². The standard InChI is InChI=1S/C10H5Cl3N4O/c11-7-3-6(2-1-5(7)4-18)14-10-16-8(12)15-9(13)17-10/h1-4H,(H,14,15,16,17). The second-order valence-electron chi connectivity index (χ2n) is 3.18. The van der Waals surface area contributed by atoms with Gasteiger partial charge in [-0.3, -0.25) is 4.79 Å². The Kier molecular flexibility index (Phi) is 3.96. The van der Waals surface area contributed by atoms with Gasteiger partial charge in [0, 0.05) is 11.3 Å². The van der Waals surface area contributed by atoms with E-state index in [4.69, 9.17) is 34.8 Å². The summed E-state index contributed by atoms with van der Waals surface area (Å²) in [6, 6.07) is 4.79. The third-order valence-electron chi connectivity index (χ3n) is 1.96. The molecule has 1 N–H and O–H groups in total. The van der Waals surface area contributed by atoms with Crippen molar-refractivity contribution in [3.63, 3.8) is 0 Å². The number of aromatic nitrogens is 3. The Morgan fingerprint density at radius 3 is 2.28 bits per heavy atom. The molecule has 0 fully saturated rings. The normalized spacial score (nSPS) is 10.2. The van der Waals surface area contributed by atoms with E-state index < -0.39 is 0 Å². The smallest absolute Gasteiger partial charge is 0.232 e. The Balaban J connectivity index is 2.28. The number of hydrogen-bond acceptors (Lipinski definition) is 5. The number of carbonyl (C=O) groups is 1. The second kappa shape index (κ2) is 5.48. The van der Waals surface area contributed by atoms with Crippen molar-refractivity contribution < 1.29 is 4.79 Å². The summed E-state index contributed by atoms with van der Waals surface area (Å²) in [5, 5.41) is 3.13. The molecule has 1 heterocycles. The molecule has 0 aliphatic carbocycles. The number of carbonyl (C=O) groups excluding carboxylic acids is 1. The molecule has 18 heavy (non-hydrogen) atoms. The van der Waals surface area contributed by atoms with Crippen LogP contribution in [-0.2, 0) is 0 Å². The Hall–Kier alpha value is -1.43. The number of benzene rings is 1. The summed E-state index contributed by atoms with van der Waals surface area (Å²) in [4.78, 5) is 21.9. The first-order chi connectivity index (χ1) is 8.58. The van der Waals surface area contributed by atoms with Gasteiger partial charge in [0.15, 0.2) is 6.29 Å². The van der Waals surface area contributed by atoms with Crippen LogP contribution >= 0.6 is 34.8 Å². The van der Waals surface area contributed by atoms with Gasteiger partial charge in [0.05, 0.1) is 5.02 Å². The summed E-state index contributed by atoms with van der Waals surface area (Å²) in [7, 11) is 0. The molecule has 2 aromatic rings. The molecular formula is C10H5Cl3N4O. The van der Waals surface area contributed by atoms with Crippen molar-refractivity contribution in [2.45, 2.75) is 0 Å². The van der Waals surface area contributed by atoms with E-state index in [1.165, 1.54) is 0 Å². The van der Waals surface area contributed by atoms with Crippen LogP contribution in [0.3, 0.4) is 0 Å². The monoisotopic (exact) mass is 302 g/mol. The van der Waals surface area contributed by atoms with Crippen molar-refractivity contribution in [3.05, 3.63) is 39.4 Å². The Bertz CT molecular complexity index is 585. The van der Waals surface area contributed by atoms with Crippen LogP contribution in [0.15, 0.2) is 18.2 Å². The zero-order chi connectivity index (χ0) is 13.1. The highest BCUT2D eigenvalue weighted by atomic mass is 35.5. The number of nitrogens with one attached hydrogen (secondary N) is 1. The van der Waals surface area contributed by atoms with Crippen molar-refractivity contribution in [2.24, 2.45) is 0 Å². The Labute approximate surface area is 117 Å². The van der Waals surface area contributed by atoms with Gasteiger partial charge in [-0.15, -0.1) is 0 Å². The molecule has 0 saturated heterocycles. The lowest BCUT2D eigenvalue weighted by molar-refractivity contribution is 0.112. The molecule has 0 aliphatic heterocycles. The van der Waals surface area contributed by atoms with E-state index in [1.807, 2.05) is 0 Å². The highest BCUT2D eigenvalue weighted by Crippen LogP contribution is 2.22. The zero-order valence-corrected chi connectivity index (χ0v) is 11.0. The van der Waals surface area contributed by atoms with E-state index in [0.717, 1.165) is 0 Å². The maximum absolute atomic E-state index is 10.6. The molecule has 8 heteroatoms. The number of halogens is 3. The van der Waals surface area contributed by atoms with Crippen LogP contribution in [0.5, 0.6) is 0 Å². The van der Waals surface area contributed by atoms with Gasteiger partial charge in [-0.05, 0) is 41.4 Å². The summed E-state index contributed by atoms with van der Waals surface area (Å²) in [5.74, 6) is 0.190. The summed E-state index contributed by atoms with van der Waals surface area (Å²) in [6.45, 7) is 0. The molecule has 0 aliphatic rings. The SMILES string of the molecule is O=Cc1ccc(Nc2nc(Cl)nc(Cl)n2)cc1Cl. The van der Waals surface area contributed by atoms with Crippen molar-refractivity contribution in [2.75, 3.05) is 5.32 Å². The highest BCUT2D eigenvalue weighted by Gasteiger charge is 2.05. The fourth-order valence-electron chi connectivity index (χ4n) is 1.21. The summed E-state index contributed by atoms with van der Waals surface area (Å²) in [6.07, 6.45) is 0.669. The van der Waals surface area contributed by atoms with E-state index in [9.17, 15) is 4.79 Å². The first kappa shape index (κ1) is 13.0. The van der Waals surface area contributed by atoms with Crippen LogP contribution in [0.25, 0.3) is 0 Å². The lowest BCUT2D eigenvalue weighted by Crippen LogP contribution is -1.99. The topological polar surface area (TPSA) is 67.8 Å². The number of nitrogens with zero attached hydrogens (tertiary/aromatic N) is 3. The molecule has 0 spiro atoms.